The summed E-state index contributed by atoms with van der Waals surface area (Å²) < 4.78 is 0. The molecule has 3 unspecified atom stereocenters. The van der Waals surface area contributed by atoms with E-state index in [4.69, 9.17) is 0 Å². The molecule has 0 aromatic rings. The first-order chi connectivity index (χ1) is 13.1. The van der Waals surface area contributed by atoms with Crippen LogP contribution in [-0.4, -0.2) is 16.5 Å². The molecule has 158 valence electrons. The topological polar surface area (TPSA) is 37.3 Å². The summed E-state index contributed by atoms with van der Waals surface area (Å²) in [5, 5.41) is 10.6. The first kappa shape index (κ1) is 20.6. The number of hydrogen-bond acceptors (Lipinski definition) is 2. The van der Waals surface area contributed by atoms with Gasteiger partial charge in [-0.05, 0) is 112 Å². The zero-order valence-corrected chi connectivity index (χ0v) is 18.9. The largest absolute Gasteiger partial charge is 0.390 e. The number of rotatable bonds is 4. The molecule has 0 spiro atoms. The lowest BCUT2D eigenvalue weighted by Crippen LogP contribution is -2.52. The molecular formula is C26H42O2. The van der Waals surface area contributed by atoms with E-state index in [0.29, 0.717) is 22.5 Å². The van der Waals surface area contributed by atoms with Crippen LogP contribution in [0.4, 0.5) is 0 Å². The van der Waals surface area contributed by atoms with Gasteiger partial charge in [-0.2, -0.15) is 0 Å². The number of fused-ring (bicyclic) bond motifs is 5. The summed E-state index contributed by atoms with van der Waals surface area (Å²) in [6.45, 7) is 11.3. The molecule has 3 fully saturated rings. The SMILES string of the molecule is CC(=O)CC[C@@H](C)[C@H]1CCC2C3CC=C4C[C@@](C)(O)CC[C@]4(C)C3CC[C@@]21C. The summed E-state index contributed by atoms with van der Waals surface area (Å²) in [5.74, 6) is 4.32. The van der Waals surface area contributed by atoms with E-state index >= 15 is 0 Å². The molecule has 1 N–H and O–H groups in total. The van der Waals surface area contributed by atoms with Crippen molar-refractivity contribution in [2.45, 2.75) is 104 Å². The lowest BCUT2D eigenvalue weighted by Gasteiger charge is -2.59. The zero-order valence-electron chi connectivity index (χ0n) is 18.9. The summed E-state index contributed by atoms with van der Waals surface area (Å²) in [7, 11) is 0. The number of hydrogen-bond donors (Lipinski definition) is 1. The molecule has 0 aromatic carbocycles. The number of ketones is 1. The predicted molar refractivity (Wildman–Crippen MR) is 115 cm³/mol. The van der Waals surface area contributed by atoms with Crippen molar-refractivity contribution in [1.29, 1.82) is 0 Å². The van der Waals surface area contributed by atoms with Gasteiger partial charge in [0.15, 0.2) is 0 Å². The highest BCUT2D eigenvalue weighted by Crippen LogP contribution is 2.67. The van der Waals surface area contributed by atoms with Crippen molar-refractivity contribution < 1.29 is 9.90 Å². The Morgan fingerprint density at radius 3 is 2.61 bits per heavy atom. The molecule has 4 rings (SSSR count). The van der Waals surface area contributed by atoms with E-state index < -0.39 is 5.60 Å². The van der Waals surface area contributed by atoms with Crippen LogP contribution in [0.15, 0.2) is 11.6 Å². The lowest BCUT2D eigenvalue weighted by atomic mass is 9.46. The highest BCUT2D eigenvalue weighted by atomic mass is 16.3. The molecule has 0 amide bonds. The molecule has 0 radical (unpaired) electrons. The van der Waals surface area contributed by atoms with E-state index in [-0.39, 0.29) is 0 Å². The maximum absolute atomic E-state index is 11.5. The molecule has 2 nitrogen and oxygen atoms in total. The monoisotopic (exact) mass is 386 g/mol. The standard InChI is InChI=1S/C26H42O2/c1-17(6-7-18(2)27)21-10-11-22-20-9-8-19-16-24(3,28)14-15-25(19,4)23(20)12-13-26(21,22)5/h8,17,20-23,28H,6-7,9-16H2,1-5H3/t17-,20?,21-,22?,23?,24+,25+,26-/m1/s1. The van der Waals surface area contributed by atoms with Crippen molar-refractivity contribution in [1.82, 2.24) is 0 Å². The van der Waals surface area contributed by atoms with Gasteiger partial charge in [-0.1, -0.05) is 32.4 Å². The summed E-state index contributed by atoms with van der Waals surface area (Å²) >= 11 is 0. The first-order valence-corrected chi connectivity index (χ1v) is 12.0. The third kappa shape index (κ3) is 3.22. The minimum Gasteiger partial charge on any atom is -0.390 e. The normalized spacial score (nSPS) is 48.9. The fraction of sp³-hybridized carbons (Fsp3) is 0.885. The molecular weight excluding hydrogens is 344 g/mol. The lowest BCUT2D eigenvalue weighted by molar-refractivity contribution is -0.117. The summed E-state index contributed by atoms with van der Waals surface area (Å²) in [6.07, 6.45) is 14.1. The van der Waals surface area contributed by atoms with Crippen molar-refractivity contribution >= 4 is 5.78 Å². The number of Topliss-reactive ketones (excluding diaryl/α,β-unsaturated/α-hetero) is 1. The highest BCUT2D eigenvalue weighted by molar-refractivity contribution is 5.75. The van der Waals surface area contributed by atoms with Gasteiger partial charge >= 0.3 is 0 Å². The van der Waals surface area contributed by atoms with Crippen molar-refractivity contribution in [3.05, 3.63) is 11.6 Å². The van der Waals surface area contributed by atoms with Gasteiger partial charge < -0.3 is 9.90 Å². The molecule has 0 saturated heterocycles. The number of allylic oxidation sites excluding steroid dienone is 1. The third-order valence-corrected chi connectivity index (χ3v) is 10.1. The Morgan fingerprint density at radius 1 is 1.14 bits per heavy atom. The van der Waals surface area contributed by atoms with Gasteiger partial charge in [-0.15, -0.1) is 0 Å². The molecule has 8 atom stereocenters. The average Bonchev–Trinajstić information content (AvgIpc) is 2.97. The van der Waals surface area contributed by atoms with Crippen molar-refractivity contribution in [2.24, 2.45) is 40.4 Å². The predicted octanol–water partition coefficient (Wildman–Crippen LogP) is 6.32. The van der Waals surface area contributed by atoms with E-state index in [2.05, 4.69) is 26.8 Å². The Morgan fingerprint density at radius 2 is 1.89 bits per heavy atom. The Hall–Kier alpha value is -0.630. The van der Waals surface area contributed by atoms with E-state index in [1.54, 1.807) is 12.5 Å². The molecule has 0 aromatic heterocycles. The second kappa shape index (κ2) is 6.96. The minimum atomic E-state index is -0.494. The van der Waals surface area contributed by atoms with Crippen LogP contribution in [-0.2, 0) is 4.79 Å². The van der Waals surface area contributed by atoms with Crippen LogP contribution >= 0.6 is 0 Å². The minimum absolute atomic E-state index is 0.324. The fourth-order valence-electron chi connectivity index (χ4n) is 8.41. The Labute approximate surface area is 172 Å². The Bertz CT molecular complexity index is 661. The van der Waals surface area contributed by atoms with Gasteiger partial charge in [0.2, 0.25) is 0 Å². The van der Waals surface area contributed by atoms with E-state index in [0.717, 1.165) is 55.8 Å². The van der Waals surface area contributed by atoms with Crippen LogP contribution in [0.1, 0.15) is 98.8 Å². The van der Waals surface area contributed by atoms with Crippen LogP contribution in [0, 0.1) is 40.4 Å². The maximum atomic E-state index is 11.5. The van der Waals surface area contributed by atoms with Gasteiger partial charge in [0.25, 0.3) is 0 Å². The van der Waals surface area contributed by atoms with Crippen molar-refractivity contribution in [2.75, 3.05) is 0 Å². The molecule has 4 aliphatic carbocycles. The van der Waals surface area contributed by atoms with Crippen LogP contribution in [0.2, 0.25) is 0 Å². The molecule has 0 heterocycles. The van der Waals surface area contributed by atoms with Gasteiger partial charge in [0.05, 0.1) is 5.60 Å². The zero-order chi connectivity index (χ0) is 20.3. The molecule has 4 aliphatic rings. The average molecular weight is 387 g/mol. The summed E-state index contributed by atoms with van der Waals surface area (Å²) in [4.78, 5) is 11.5. The highest BCUT2D eigenvalue weighted by Gasteiger charge is 2.59. The number of carbonyl (C=O) groups excluding carboxylic acids is 1. The van der Waals surface area contributed by atoms with Crippen molar-refractivity contribution in [3.8, 4) is 0 Å². The maximum Gasteiger partial charge on any atom is 0.129 e. The van der Waals surface area contributed by atoms with E-state index in [1.165, 1.54) is 32.1 Å². The Kier molecular flexibility index (Phi) is 5.13. The van der Waals surface area contributed by atoms with Crippen LogP contribution in [0.3, 0.4) is 0 Å². The molecule has 28 heavy (non-hydrogen) atoms. The van der Waals surface area contributed by atoms with E-state index in [1.807, 2.05) is 6.92 Å². The fourth-order valence-corrected chi connectivity index (χ4v) is 8.41. The van der Waals surface area contributed by atoms with Gasteiger partial charge in [0, 0.05) is 6.42 Å². The van der Waals surface area contributed by atoms with Gasteiger partial charge in [-0.3, -0.25) is 0 Å². The third-order valence-electron chi connectivity index (χ3n) is 10.1. The van der Waals surface area contributed by atoms with Crippen molar-refractivity contribution in [3.63, 3.8) is 0 Å². The van der Waals surface area contributed by atoms with Crippen LogP contribution in [0.25, 0.3) is 0 Å². The second-order valence-corrected chi connectivity index (χ2v) is 11.9. The first-order valence-electron chi connectivity index (χ1n) is 12.0. The van der Waals surface area contributed by atoms with Crippen LogP contribution in [0.5, 0.6) is 0 Å². The number of aliphatic hydroxyl groups is 1. The quantitative estimate of drug-likeness (QED) is 0.574. The molecule has 0 bridgehead atoms. The molecule has 3 saturated carbocycles. The van der Waals surface area contributed by atoms with Crippen LogP contribution < -0.4 is 0 Å². The Balaban J connectivity index is 1.55. The summed E-state index contributed by atoms with van der Waals surface area (Å²) in [5.41, 5.74) is 1.87. The van der Waals surface area contributed by atoms with E-state index in [9.17, 15) is 9.90 Å². The smallest absolute Gasteiger partial charge is 0.129 e. The van der Waals surface area contributed by atoms with Gasteiger partial charge in [-0.25, -0.2) is 0 Å². The number of carbonyl (C=O) groups is 1. The molecule has 2 heteroatoms. The molecule has 0 aliphatic heterocycles. The van der Waals surface area contributed by atoms with Gasteiger partial charge in [0.1, 0.15) is 5.78 Å². The summed E-state index contributed by atoms with van der Waals surface area (Å²) in [6, 6.07) is 0. The second-order valence-electron chi connectivity index (χ2n) is 11.9.